The Bertz CT molecular complexity index is 605. The number of thiophene rings is 1. The van der Waals surface area contributed by atoms with Crippen molar-refractivity contribution in [2.24, 2.45) is 5.41 Å². The summed E-state index contributed by atoms with van der Waals surface area (Å²) in [5, 5.41) is 6.75. The van der Waals surface area contributed by atoms with Crippen molar-refractivity contribution in [3.63, 3.8) is 0 Å². The molecule has 0 aliphatic heterocycles. The summed E-state index contributed by atoms with van der Waals surface area (Å²) in [5.74, 6) is -0.0385. The van der Waals surface area contributed by atoms with Crippen molar-refractivity contribution in [1.29, 1.82) is 0 Å². The first-order chi connectivity index (χ1) is 11.4. The molecule has 0 radical (unpaired) electrons. The van der Waals surface area contributed by atoms with Gasteiger partial charge in [0.15, 0.2) is 0 Å². The minimum absolute atomic E-state index is 0.00188. The Labute approximate surface area is 149 Å². The fourth-order valence-electron chi connectivity index (χ4n) is 3.13. The van der Waals surface area contributed by atoms with Gasteiger partial charge in [-0.15, -0.1) is 11.3 Å². The van der Waals surface area contributed by atoms with E-state index in [1.165, 1.54) is 4.88 Å². The number of unbranched alkanes of at least 4 members (excludes halogenated alkanes) is 1. The molecule has 0 unspecified atom stereocenters. The summed E-state index contributed by atoms with van der Waals surface area (Å²) in [6.45, 7) is 9.28. The van der Waals surface area contributed by atoms with E-state index in [1.54, 1.807) is 11.3 Å². The van der Waals surface area contributed by atoms with Crippen LogP contribution in [0.5, 0.6) is 0 Å². The van der Waals surface area contributed by atoms with Crippen LogP contribution in [-0.2, 0) is 17.6 Å². The number of anilines is 1. The molecule has 1 aliphatic rings. The molecule has 5 heteroatoms. The van der Waals surface area contributed by atoms with Gasteiger partial charge in [0.1, 0.15) is 5.00 Å². The zero-order valence-corrected chi connectivity index (χ0v) is 16.2. The third-order valence-electron chi connectivity index (χ3n) is 4.55. The predicted molar refractivity (Wildman–Crippen MR) is 101 cm³/mol. The Morgan fingerprint density at radius 1 is 1.21 bits per heavy atom. The Balaban J connectivity index is 2.30. The molecule has 1 aromatic rings. The second kappa shape index (κ2) is 8.15. The van der Waals surface area contributed by atoms with E-state index in [4.69, 9.17) is 0 Å². The van der Waals surface area contributed by atoms with Gasteiger partial charge < -0.3 is 10.6 Å². The number of hydrogen-bond donors (Lipinski definition) is 2. The van der Waals surface area contributed by atoms with Crippen molar-refractivity contribution in [3.05, 3.63) is 16.0 Å². The first-order valence-electron chi connectivity index (χ1n) is 9.10. The van der Waals surface area contributed by atoms with E-state index in [-0.39, 0.29) is 17.2 Å². The van der Waals surface area contributed by atoms with Crippen LogP contribution in [0.15, 0.2) is 0 Å². The van der Waals surface area contributed by atoms with Gasteiger partial charge in [0, 0.05) is 17.8 Å². The predicted octanol–water partition coefficient (Wildman–Crippen LogP) is 4.53. The molecule has 0 saturated carbocycles. The van der Waals surface area contributed by atoms with Gasteiger partial charge in [0.25, 0.3) is 5.91 Å². The molecule has 1 heterocycles. The number of aryl methyl sites for hydroxylation is 1. The lowest BCUT2D eigenvalue weighted by Gasteiger charge is -2.29. The lowest BCUT2D eigenvalue weighted by Crippen LogP contribution is -2.28. The van der Waals surface area contributed by atoms with Crippen molar-refractivity contribution in [1.82, 2.24) is 5.32 Å². The van der Waals surface area contributed by atoms with E-state index in [1.807, 2.05) is 6.92 Å². The minimum atomic E-state index is -0.0366. The van der Waals surface area contributed by atoms with E-state index in [0.717, 1.165) is 49.1 Å². The van der Waals surface area contributed by atoms with Crippen LogP contribution in [0, 0.1) is 5.41 Å². The lowest BCUT2D eigenvalue weighted by atomic mass is 9.76. The molecule has 0 aromatic carbocycles. The van der Waals surface area contributed by atoms with Gasteiger partial charge in [-0.05, 0) is 43.1 Å². The van der Waals surface area contributed by atoms with Crippen molar-refractivity contribution >= 4 is 28.2 Å². The average Bonchev–Trinajstić information content (AvgIpc) is 2.83. The number of hydrogen-bond acceptors (Lipinski definition) is 3. The van der Waals surface area contributed by atoms with Crippen LogP contribution in [0.4, 0.5) is 5.00 Å². The molecular weight excluding hydrogens is 320 g/mol. The zero-order chi connectivity index (χ0) is 17.7. The number of carbonyl (C=O) groups excluding carboxylic acids is 2. The molecule has 0 bridgehead atoms. The molecule has 2 amide bonds. The van der Waals surface area contributed by atoms with E-state index in [9.17, 15) is 9.59 Å². The van der Waals surface area contributed by atoms with Crippen molar-refractivity contribution in [2.75, 3.05) is 11.9 Å². The quantitative estimate of drug-likeness (QED) is 0.710. The summed E-state index contributed by atoms with van der Waals surface area (Å²) < 4.78 is 0. The maximum absolute atomic E-state index is 12.8. The molecule has 2 rings (SSSR count). The molecule has 134 valence electrons. The van der Waals surface area contributed by atoms with Gasteiger partial charge >= 0.3 is 0 Å². The molecule has 24 heavy (non-hydrogen) atoms. The van der Waals surface area contributed by atoms with Crippen molar-refractivity contribution in [2.45, 2.75) is 72.6 Å². The molecule has 0 atom stereocenters. The molecule has 4 nitrogen and oxygen atoms in total. The van der Waals surface area contributed by atoms with Crippen LogP contribution in [0.2, 0.25) is 0 Å². The SMILES string of the molecule is CCCCNC(=O)c1c(NC(=O)CCC)sc2c1CC(C)(C)CC2. The smallest absolute Gasteiger partial charge is 0.254 e. The van der Waals surface area contributed by atoms with Gasteiger partial charge in [-0.2, -0.15) is 0 Å². The normalized spacial score (nSPS) is 15.7. The largest absolute Gasteiger partial charge is 0.352 e. The Morgan fingerprint density at radius 3 is 2.62 bits per heavy atom. The standard InChI is InChI=1S/C19H30N2O2S/c1-5-7-11-20-17(23)16-13-12-19(3,4)10-9-14(13)24-18(16)21-15(22)8-6-2/h5-12H2,1-4H3,(H,20,23)(H,21,22). The minimum Gasteiger partial charge on any atom is -0.352 e. The summed E-state index contributed by atoms with van der Waals surface area (Å²) in [6, 6.07) is 0. The van der Waals surface area contributed by atoms with E-state index in [0.29, 0.717) is 18.5 Å². The van der Waals surface area contributed by atoms with Gasteiger partial charge in [0.2, 0.25) is 5.91 Å². The third-order valence-corrected chi connectivity index (χ3v) is 5.76. The van der Waals surface area contributed by atoms with Crippen LogP contribution in [0.1, 0.15) is 80.6 Å². The maximum Gasteiger partial charge on any atom is 0.254 e. The zero-order valence-electron chi connectivity index (χ0n) is 15.4. The highest BCUT2D eigenvalue weighted by atomic mass is 32.1. The van der Waals surface area contributed by atoms with Crippen molar-refractivity contribution < 1.29 is 9.59 Å². The summed E-state index contributed by atoms with van der Waals surface area (Å²) in [4.78, 5) is 26.1. The fourth-order valence-corrected chi connectivity index (χ4v) is 4.36. The Morgan fingerprint density at radius 2 is 1.96 bits per heavy atom. The highest BCUT2D eigenvalue weighted by molar-refractivity contribution is 7.17. The molecule has 0 spiro atoms. The Hall–Kier alpha value is -1.36. The first kappa shape index (κ1) is 19.0. The lowest BCUT2D eigenvalue weighted by molar-refractivity contribution is -0.116. The molecule has 1 aliphatic carbocycles. The monoisotopic (exact) mass is 350 g/mol. The van der Waals surface area contributed by atoms with E-state index in [2.05, 4.69) is 31.4 Å². The van der Waals surface area contributed by atoms with Crippen LogP contribution in [-0.4, -0.2) is 18.4 Å². The molecule has 0 fully saturated rings. The van der Waals surface area contributed by atoms with Crippen LogP contribution < -0.4 is 10.6 Å². The van der Waals surface area contributed by atoms with Crippen molar-refractivity contribution in [3.8, 4) is 0 Å². The summed E-state index contributed by atoms with van der Waals surface area (Å²) in [6.07, 6.45) is 6.34. The summed E-state index contributed by atoms with van der Waals surface area (Å²) >= 11 is 1.59. The second-order valence-electron chi connectivity index (χ2n) is 7.46. The molecule has 1 aromatic heterocycles. The topological polar surface area (TPSA) is 58.2 Å². The van der Waals surface area contributed by atoms with Crippen LogP contribution >= 0.6 is 11.3 Å². The molecule has 2 N–H and O–H groups in total. The number of nitrogens with one attached hydrogen (secondary N) is 2. The number of rotatable bonds is 7. The van der Waals surface area contributed by atoms with Crippen LogP contribution in [0.3, 0.4) is 0 Å². The summed E-state index contributed by atoms with van der Waals surface area (Å²) in [5.41, 5.74) is 2.07. The molecular formula is C19H30N2O2S. The van der Waals surface area contributed by atoms with E-state index >= 15 is 0 Å². The average molecular weight is 351 g/mol. The number of fused-ring (bicyclic) bond motifs is 1. The highest BCUT2D eigenvalue weighted by Gasteiger charge is 2.33. The van der Waals surface area contributed by atoms with Gasteiger partial charge in [-0.25, -0.2) is 0 Å². The highest BCUT2D eigenvalue weighted by Crippen LogP contribution is 2.43. The number of amides is 2. The fraction of sp³-hybridized carbons (Fsp3) is 0.684. The first-order valence-corrected chi connectivity index (χ1v) is 9.92. The molecule has 0 saturated heterocycles. The maximum atomic E-state index is 12.8. The second-order valence-corrected chi connectivity index (χ2v) is 8.56. The Kier molecular flexibility index (Phi) is 6.44. The van der Waals surface area contributed by atoms with E-state index < -0.39 is 0 Å². The van der Waals surface area contributed by atoms with Gasteiger partial charge in [-0.1, -0.05) is 34.1 Å². The van der Waals surface area contributed by atoms with Gasteiger partial charge in [0.05, 0.1) is 5.56 Å². The summed E-state index contributed by atoms with van der Waals surface area (Å²) in [7, 11) is 0. The number of carbonyl (C=O) groups is 2. The third kappa shape index (κ3) is 4.59. The van der Waals surface area contributed by atoms with Crippen LogP contribution in [0.25, 0.3) is 0 Å². The van der Waals surface area contributed by atoms with Gasteiger partial charge in [-0.3, -0.25) is 9.59 Å².